The minimum Gasteiger partial charge on any atom is -0.371 e. The zero-order valence-corrected chi connectivity index (χ0v) is 14.7. The average Bonchev–Trinajstić information content (AvgIpc) is 2.63. The number of rotatable bonds is 3. The number of halogens is 2. The van der Waals surface area contributed by atoms with Gasteiger partial charge >= 0.3 is 0 Å². The summed E-state index contributed by atoms with van der Waals surface area (Å²) in [6.07, 6.45) is 1.44. The van der Waals surface area contributed by atoms with Crippen molar-refractivity contribution in [1.29, 1.82) is 0 Å². The maximum atomic E-state index is 13.1. The molecule has 5 nitrogen and oxygen atoms in total. The van der Waals surface area contributed by atoms with E-state index in [1.165, 1.54) is 22.6 Å². The summed E-state index contributed by atoms with van der Waals surface area (Å²) in [4.78, 5) is 19.0. The van der Waals surface area contributed by atoms with E-state index in [9.17, 15) is 9.18 Å². The summed E-state index contributed by atoms with van der Waals surface area (Å²) in [6, 6.07) is 11.3. The van der Waals surface area contributed by atoms with Crippen LogP contribution in [0.4, 0.5) is 4.39 Å². The number of hydrogen-bond donors (Lipinski definition) is 0. The Balaban J connectivity index is 1.53. The predicted octanol–water partition coefficient (Wildman–Crippen LogP) is 3.06. The predicted molar refractivity (Wildman–Crippen MR) is 96.8 cm³/mol. The van der Waals surface area contributed by atoms with Gasteiger partial charge in [0.15, 0.2) is 0 Å². The largest absolute Gasteiger partial charge is 0.371 e. The lowest BCUT2D eigenvalue weighted by molar-refractivity contribution is -0.0333. The van der Waals surface area contributed by atoms with E-state index in [1.54, 1.807) is 30.5 Å². The molecule has 3 aromatic rings. The Morgan fingerprint density at radius 3 is 2.85 bits per heavy atom. The van der Waals surface area contributed by atoms with Crippen LogP contribution in [0.25, 0.3) is 5.65 Å². The van der Waals surface area contributed by atoms with Gasteiger partial charge in [-0.25, -0.2) is 9.37 Å². The molecule has 0 N–H and O–H groups in total. The Bertz CT molecular complexity index is 990. The van der Waals surface area contributed by atoms with Gasteiger partial charge in [0.2, 0.25) is 0 Å². The fraction of sp³-hybridized carbons (Fsp3) is 0.263. The van der Waals surface area contributed by atoms with E-state index in [0.29, 0.717) is 36.1 Å². The van der Waals surface area contributed by atoms with E-state index in [2.05, 4.69) is 9.88 Å². The minimum absolute atomic E-state index is 0.121. The summed E-state index contributed by atoms with van der Waals surface area (Å²) in [5.41, 5.74) is 2.06. The molecule has 1 fully saturated rings. The molecule has 3 heterocycles. The summed E-state index contributed by atoms with van der Waals surface area (Å²) in [5, 5.41) is 0.490. The Hall–Kier alpha value is -2.28. The molecule has 7 heteroatoms. The van der Waals surface area contributed by atoms with Crippen LogP contribution >= 0.6 is 11.6 Å². The minimum atomic E-state index is -0.262. The summed E-state index contributed by atoms with van der Waals surface area (Å²) >= 11 is 5.94. The van der Waals surface area contributed by atoms with Gasteiger partial charge in [0.05, 0.1) is 23.4 Å². The number of ether oxygens (including phenoxy) is 1. The lowest BCUT2D eigenvalue weighted by atomic mass is 10.1. The molecule has 1 atom stereocenters. The Labute approximate surface area is 154 Å². The Morgan fingerprint density at radius 2 is 2.04 bits per heavy atom. The van der Waals surface area contributed by atoms with Gasteiger partial charge in [-0.2, -0.15) is 0 Å². The van der Waals surface area contributed by atoms with Crippen molar-refractivity contribution in [3.05, 3.63) is 81.1 Å². The second-order valence-corrected chi connectivity index (χ2v) is 6.74. The first-order chi connectivity index (χ1) is 12.6. The van der Waals surface area contributed by atoms with Crippen molar-refractivity contribution in [1.82, 2.24) is 14.3 Å². The Morgan fingerprint density at radius 1 is 1.23 bits per heavy atom. The van der Waals surface area contributed by atoms with Gasteiger partial charge in [0.1, 0.15) is 11.5 Å². The first kappa shape index (κ1) is 17.1. The van der Waals surface area contributed by atoms with Gasteiger partial charge in [0.25, 0.3) is 5.56 Å². The molecule has 0 amide bonds. The molecule has 0 aliphatic carbocycles. The lowest BCUT2D eigenvalue weighted by Gasteiger charge is -2.32. The molecular formula is C19H17ClFN3O2. The number of benzene rings is 1. The molecule has 0 saturated carbocycles. The third-order valence-corrected chi connectivity index (χ3v) is 4.68. The maximum absolute atomic E-state index is 13.1. The van der Waals surface area contributed by atoms with Gasteiger partial charge in [0, 0.05) is 31.9 Å². The topological polar surface area (TPSA) is 46.8 Å². The number of nitrogens with zero attached hydrogens (tertiary/aromatic N) is 3. The molecular weight excluding hydrogens is 357 g/mol. The number of aromatic nitrogens is 2. The van der Waals surface area contributed by atoms with Crippen molar-refractivity contribution in [2.75, 3.05) is 19.7 Å². The van der Waals surface area contributed by atoms with Crippen LogP contribution < -0.4 is 5.56 Å². The maximum Gasteiger partial charge on any atom is 0.258 e. The highest BCUT2D eigenvalue weighted by Gasteiger charge is 2.22. The molecule has 1 unspecified atom stereocenters. The van der Waals surface area contributed by atoms with Crippen LogP contribution in [0.3, 0.4) is 0 Å². The highest BCUT2D eigenvalue weighted by Crippen LogP contribution is 2.23. The number of morpholine rings is 1. The van der Waals surface area contributed by atoms with E-state index in [0.717, 1.165) is 12.1 Å². The summed E-state index contributed by atoms with van der Waals surface area (Å²) in [7, 11) is 0. The van der Waals surface area contributed by atoms with Crippen molar-refractivity contribution in [3.8, 4) is 0 Å². The zero-order chi connectivity index (χ0) is 18.1. The van der Waals surface area contributed by atoms with Crippen molar-refractivity contribution in [2.24, 2.45) is 0 Å². The van der Waals surface area contributed by atoms with Crippen molar-refractivity contribution in [2.45, 2.75) is 12.6 Å². The molecule has 1 aliphatic rings. The van der Waals surface area contributed by atoms with Crippen LogP contribution in [0, 0.1) is 5.82 Å². The fourth-order valence-electron chi connectivity index (χ4n) is 3.16. The van der Waals surface area contributed by atoms with Gasteiger partial charge in [-0.15, -0.1) is 0 Å². The van der Waals surface area contributed by atoms with Gasteiger partial charge < -0.3 is 4.74 Å². The van der Waals surface area contributed by atoms with Gasteiger partial charge in [-0.1, -0.05) is 23.7 Å². The van der Waals surface area contributed by atoms with Crippen LogP contribution in [-0.4, -0.2) is 34.0 Å². The SMILES string of the molecule is O=c1cc(CN2CCOC(c3ccc(F)cc3)C2)nc2ccc(Cl)cn12. The van der Waals surface area contributed by atoms with Crippen LogP contribution in [-0.2, 0) is 11.3 Å². The second kappa shape index (κ2) is 7.15. The molecule has 0 bridgehead atoms. The lowest BCUT2D eigenvalue weighted by Crippen LogP contribution is -2.38. The number of fused-ring (bicyclic) bond motifs is 1. The molecule has 0 radical (unpaired) electrons. The third kappa shape index (κ3) is 3.62. The summed E-state index contributed by atoms with van der Waals surface area (Å²) in [6.45, 7) is 2.53. The van der Waals surface area contributed by atoms with Crippen molar-refractivity contribution in [3.63, 3.8) is 0 Å². The van der Waals surface area contributed by atoms with E-state index < -0.39 is 0 Å². The molecule has 1 aliphatic heterocycles. The third-order valence-electron chi connectivity index (χ3n) is 4.45. The molecule has 0 spiro atoms. The second-order valence-electron chi connectivity index (χ2n) is 6.31. The van der Waals surface area contributed by atoms with Crippen molar-refractivity contribution >= 4 is 17.2 Å². The average molecular weight is 374 g/mol. The summed E-state index contributed by atoms with van der Waals surface area (Å²) < 4.78 is 20.4. The van der Waals surface area contributed by atoms with E-state index in [-0.39, 0.29) is 17.5 Å². The number of pyridine rings is 1. The summed E-state index contributed by atoms with van der Waals surface area (Å²) in [5.74, 6) is -0.262. The fourth-order valence-corrected chi connectivity index (χ4v) is 3.32. The van der Waals surface area contributed by atoms with Crippen LogP contribution in [0.15, 0.2) is 53.5 Å². The number of hydrogen-bond acceptors (Lipinski definition) is 4. The zero-order valence-electron chi connectivity index (χ0n) is 13.9. The molecule has 26 heavy (non-hydrogen) atoms. The van der Waals surface area contributed by atoms with Gasteiger partial charge in [-0.3, -0.25) is 14.1 Å². The normalized spacial score (nSPS) is 18.3. The molecule has 4 rings (SSSR count). The van der Waals surface area contributed by atoms with E-state index in [1.807, 2.05) is 0 Å². The first-order valence-corrected chi connectivity index (χ1v) is 8.73. The smallest absolute Gasteiger partial charge is 0.258 e. The first-order valence-electron chi connectivity index (χ1n) is 8.36. The highest BCUT2D eigenvalue weighted by molar-refractivity contribution is 6.30. The standard InChI is InChI=1S/C19H17ClFN3O2/c20-14-3-6-18-22-16(9-19(25)24(18)10-14)11-23-7-8-26-17(12-23)13-1-4-15(21)5-2-13/h1-6,9-10,17H,7-8,11-12H2. The molecule has 134 valence electrons. The van der Waals surface area contributed by atoms with Crippen LogP contribution in [0.1, 0.15) is 17.4 Å². The quantitative estimate of drug-likeness (QED) is 0.708. The Kier molecular flexibility index (Phi) is 4.72. The molecule has 1 saturated heterocycles. The molecule has 2 aromatic heterocycles. The van der Waals surface area contributed by atoms with Crippen molar-refractivity contribution < 1.29 is 9.13 Å². The molecule has 1 aromatic carbocycles. The van der Waals surface area contributed by atoms with Gasteiger partial charge in [-0.05, 0) is 29.8 Å². The van der Waals surface area contributed by atoms with E-state index >= 15 is 0 Å². The highest BCUT2D eigenvalue weighted by atomic mass is 35.5. The van der Waals surface area contributed by atoms with E-state index in [4.69, 9.17) is 16.3 Å². The van der Waals surface area contributed by atoms with Crippen LogP contribution in [0.5, 0.6) is 0 Å². The van der Waals surface area contributed by atoms with Crippen LogP contribution in [0.2, 0.25) is 5.02 Å². The monoisotopic (exact) mass is 373 g/mol.